The van der Waals surface area contributed by atoms with Crippen molar-refractivity contribution in [2.24, 2.45) is 0 Å². The highest BCUT2D eigenvalue weighted by Gasteiger charge is 2.43. The molecule has 8 heteroatoms. The third-order valence-electron chi connectivity index (χ3n) is 5.98. The smallest absolute Gasteiger partial charge is 0.247 e. The summed E-state index contributed by atoms with van der Waals surface area (Å²) in [4.78, 5) is 27.5. The number of ether oxygens (including phenoxy) is 1. The molecule has 0 saturated heterocycles. The third-order valence-corrected chi connectivity index (χ3v) is 6.87. The van der Waals surface area contributed by atoms with Gasteiger partial charge in [-0.05, 0) is 53.6 Å². The van der Waals surface area contributed by atoms with Gasteiger partial charge in [0.15, 0.2) is 0 Å². The molecule has 1 aromatic carbocycles. The number of halogens is 1. The Bertz CT molecular complexity index is 809. The molecule has 3 N–H and O–H groups in total. The van der Waals surface area contributed by atoms with Gasteiger partial charge in [-0.25, -0.2) is 0 Å². The van der Waals surface area contributed by atoms with Crippen LogP contribution in [0, 0.1) is 3.57 Å². The van der Waals surface area contributed by atoms with Gasteiger partial charge in [-0.2, -0.15) is 0 Å². The molecule has 0 spiro atoms. The number of hydrogen-bond donors (Lipinski definition) is 3. The molecule has 0 bridgehead atoms. The standard InChI is InChI=1S/C23H31IN2O5/c1-2-21(28)26(16-7-3-4-8-16)18-13-15(23(30)25-11-12-27)14-20(22(18)29)31-19-10-6-5-9-17(19)24/h5-6,9-10,14,16,18,20,22,27,29H,2-4,7-8,11-13H2,1H3,(H,25,30)/t18-,20+,22+/m1/s1. The van der Waals surface area contributed by atoms with Crippen LogP contribution in [0.5, 0.6) is 5.75 Å². The van der Waals surface area contributed by atoms with Crippen molar-refractivity contribution in [3.05, 3.63) is 39.5 Å². The number of carbonyl (C=O) groups is 2. The van der Waals surface area contributed by atoms with Gasteiger partial charge in [0.05, 0.1) is 16.2 Å². The van der Waals surface area contributed by atoms with E-state index in [1.165, 1.54) is 0 Å². The fraction of sp³-hybridized carbons (Fsp3) is 0.565. The van der Waals surface area contributed by atoms with Crippen LogP contribution in [0.25, 0.3) is 0 Å². The molecular weight excluding hydrogens is 511 g/mol. The monoisotopic (exact) mass is 542 g/mol. The summed E-state index contributed by atoms with van der Waals surface area (Å²) in [7, 11) is 0. The maximum Gasteiger partial charge on any atom is 0.247 e. The van der Waals surface area contributed by atoms with E-state index in [9.17, 15) is 14.7 Å². The average Bonchev–Trinajstić information content (AvgIpc) is 3.30. The van der Waals surface area contributed by atoms with Crippen molar-refractivity contribution in [3.63, 3.8) is 0 Å². The Morgan fingerprint density at radius 3 is 2.61 bits per heavy atom. The van der Waals surface area contributed by atoms with Gasteiger partial charge in [0.2, 0.25) is 11.8 Å². The van der Waals surface area contributed by atoms with Crippen molar-refractivity contribution in [2.75, 3.05) is 13.2 Å². The minimum Gasteiger partial charge on any atom is -0.482 e. The number of aliphatic hydroxyl groups is 2. The number of rotatable bonds is 8. The maximum atomic E-state index is 12.9. The zero-order valence-electron chi connectivity index (χ0n) is 17.8. The van der Waals surface area contributed by atoms with Gasteiger partial charge in [-0.3, -0.25) is 9.59 Å². The van der Waals surface area contributed by atoms with Crippen molar-refractivity contribution in [1.29, 1.82) is 0 Å². The molecule has 1 saturated carbocycles. The minimum atomic E-state index is -0.957. The molecule has 0 unspecified atom stereocenters. The van der Waals surface area contributed by atoms with E-state index in [2.05, 4.69) is 27.9 Å². The second-order valence-corrected chi connectivity index (χ2v) is 9.20. The lowest BCUT2D eigenvalue weighted by Gasteiger charge is -2.43. The number of benzene rings is 1. The largest absolute Gasteiger partial charge is 0.482 e. The van der Waals surface area contributed by atoms with Gasteiger partial charge in [0, 0.05) is 31.0 Å². The molecule has 3 atom stereocenters. The minimum absolute atomic E-state index is 0.0130. The van der Waals surface area contributed by atoms with E-state index >= 15 is 0 Å². The van der Waals surface area contributed by atoms with Crippen LogP contribution in [0.1, 0.15) is 45.4 Å². The molecule has 1 fully saturated rings. The number of para-hydroxylation sites is 1. The van der Waals surface area contributed by atoms with Crippen molar-refractivity contribution in [3.8, 4) is 5.75 Å². The number of aliphatic hydroxyl groups excluding tert-OH is 2. The van der Waals surface area contributed by atoms with Crippen molar-refractivity contribution in [2.45, 2.75) is 69.7 Å². The highest BCUT2D eigenvalue weighted by molar-refractivity contribution is 14.1. The lowest BCUT2D eigenvalue weighted by atomic mass is 9.87. The predicted molar refractivity (Wildman–Crippen MR) is 126 cm³/mol. The summed E-state index contributed by atoms with van der Waals surface area (Å²) < 4.78 is 7.03. The molecule has 0 radical (unpaired) electrons. The highest BCUT2D eigenvalue weighted by Crippen LogP contribution is 2.34. The van der Waals surface area contributed by atoms with Crippen molar-refractivity contribution in [1.82, 2.24) is 10.2 Å². The normalized spacial score (nSPS) is 23.9. The van der Waals surface area contributed by atoms with E-state index in [4.69, 9.17) is 9.84 Å². The summed E-state index contributed by atoms with van der Waals surface area (Å²) in [5.41, 5.74) is 0.464. The molecular formula is C23H31IN2O5. The van der Waals surface area contributed by atoms with Gasteiger partial charge < -0.3 is 25.2 Å². The topological polar surface area (TPSA) is 99.1 Å². The molecule has 2 aliphatic carbocycles. The van der Waals surface area contributed by atoms with E-state index in [1.807, 2.05) is 36.1 Å². The average molecular weight is 542 g/mol. The zero-order chi connectivity index (χ0) is 22.4. The van der Waals surface area contributed by atoms with Gasteiger partial charge in [-0.15, -0.1) is 0 Å². The summed E-state index contributed by atoms with van der Waals surface area (Å²) in [6, 6.07) is 7.02. The molecule has 2 amide bonds. The second-order valence-electron chi connectivity index (χ2n) is 8.04. The van der Waals surface area contributed by atoms with Crippen LogP contribution in [-0.4, -0.2) is 64.4 Å². The number of carbonyl (C=O) groups excluding carboxylic acids is 2. The molecule has 2 aliphatic rings. The molecule has 31 heavy (non-hydrogen) atoms. The SMILES string of the molecule is CCC(=O)N(C1CCCC1)[C@@H]1CC(C(=O)NCCO)=C[C@H](Oc2ccccc2I)[C@H]1O. The molecule has 3 rings (SSSR count). The number of amides is 2. The van der Waals surface area contributed by atoms with Crippen LogP contribution in [0.15, 0.2) is 35.9 Å². The van der Waals surface area contributed by atoms with Crippen molar-refractivity contribution < 1.29 is 24.5 Å². The van der Waals surface area contributed by atoms with Crippen LogP contribution < -0.4 is 10.1 Å². The first-order valence-electron chi connectivity index (χ1n) is 11.0. The Balaban J connectivity index is 1.93. The van der Waals surface area contributed by atoms with E-state index in [1.54, 1.807) is 6.08 Å². The quantitative estimate of drug-likeness (QED) is 0.439. The van der Waals surface area contributed by atoms with Crippen LogP contribution in [-0.2, 0) is 9.59 Å². The predicted octanol–water partition coefficient (Wildman–Crippen LogP) is 2.39. The summed E-state index contributed by atoms with van der Waals surface area (Å²) >= 11 is 2.17. The third kappa shape index (κ3) is 5.78. The van der Waals surface area contributed by atoms with E-state index in [0.717, 1.165) is 29.3 Å². The highest BCUT2D eigenvalue weighted by atomic mass is 127. The van der Waals surface area contributed by atoms with Gasteiger partial charge in [0.25, 0.3) is 0 Å². The van der Waals surface area contributed by atoms with Crippen molar-refractivity contribution >= 4 is 34.4 Å². The Kier molecular flexibility index (Phi) is 8.74. The lowest BCUT2D eigenvalue weighted by molar-refractivity contribution is -0.141. The zero-order valence-corrected chi connectivity index (χ0v) is 20.0. The Morgan fingerprint density at radius 2 is 1.97 bits per heavy atom. The Labute approximate surface area is 197 Å². The summed E-state index contributed by atoms with van der Waals surface area (Å²) in [5.74, 6) is 0.298. The molecule has 7 nitrogen and oxygen atoms in total. The van der Waals surface area contributed by atoms with E-state index in [0.29, 0.717) is 17.7 Å². The fourth-order valence-electron chi connectivity index (χ4n) is 4.46. The van der Waals surface area contributed by atoms with Gasteiger partial charge in [0.1, 0.15) is 18.0 Å². The molecule has 0 aromatic heterocycles. The Morgan fingerprint density at radius 1 is 1.26 bits per heavy atom. The van der Waals surface area contributed by atoms with Crippen LogP contribution >= 0.6 is 22.6 Å². The van der Waals surface area contributed by atoms with Crippen LogP contribution in [0.4, 0.5) is 0 Å². The summed E-state index contributed by atoms with van der Waals surface area (Å²) in [6.07, 6.45) is 4.47. The first-order valence-corrected chi connectivity index (χ1v) is 12.0. The van der Waals surface area contributed by atoms with Gasteiger partial charge in [-0.1, -0.05) is 31.9 Å². The number of nitrogens with zero attached hydrogens (tertiary/aromatic N) is 1. The summed E-state index contributed by atoms with van der Waals surface area (Å²) in [6.45, 7) is 1.81. The lowest BCUT2D eigenvalue weighted by Crippen LogP contribution is -2.57. The van der Waals surface area contributed by atoms with E-state index < -0.39 is 18.2 Å². The first-order chi connectivity index (χ1) is 15.0. The maximum absolute atomic E-state index is 12.9. The molecule has 1 aromatic rings. The summed E-state index contributed by atoms with van der Waals surface area (Å²) in [5, 5.41) is 23.0. The number of nitrogens with one attached hydrogen (secondary N) is 1. The fourth-order valence-corrected chi connectivity index (χ4v) is 4.97. The first kappa shape index (κ1) is 24.0. The van der Waals surface area contributed by atoms with E-state index in [-0.39, 0.29) is 37.4 Å². The van der Waals surface area contributed by atoms with Crippen LogP contribution in [0.3, 0.4) is 0 Å². The molecule has 0 aliphatic heterocycles. The molecule has 0 heterocycles. The number of hydrogen-bond acceptors (Lipinski definition) is 5. The van der Waals surface area contributed by atoms with Crippen LogP contribution in [0.2, 0.25) is 0 Å². The van der Waals surface area contributed by atoms with Gasteiger partial charge >= 0.3 is 0 Å². The molecule has 170 valence electrons. The second kappa shape index (κ2) is 11.3. The Hall–Kier alpha value is -1.65.